The first-order chi connectivity index (χ1) is 14.0. The van der Waals surface area contributed by atoms with E-state index in [1.807, 2.05) is 0 Å². The average molecular weight is 395 g/mol. The zero-order valence-corrected chi connectivity index (χ0v) is 15.6. The van der Waals surface area contributed by atoms with Crippen LogP contribution in [0.5, 0.6) is 0 Å². The summed E-state index contributed by atoms with van der Waals surface area (Å²) in [6.45, 7) is 0.675. The number of carbonyl (C=O) groups excluding carboxylic acids is 1. The maximum Gasteiger partial charge on any atom is 0.256 e. The number of nitrogens with zero attached hydrogens (tertiary/aromatic N) is 2. The monoisotopic (exact) mass is 395 g/mol. The minimum absolute atomic E-state index is 0.114. The van der Waals surface area contributed by atoms with Gasteiger partial charge in [0, 0.05) is 19.4 Å². The topological polar surface area (TPSA) is 66.1 Å². The highest BCUT2D eigenvalue weighted by Crippen LogP contribution is 2.16. The van der Waals surface area contributed by atoms with Gasteiger partial charge in [0.05, 0.1) is 24.2 Å². The van der Waals surface area contributed by atoms with E-state index < -0.39 is 0 Å². The highest BCUT2D eigenvalue weighted by molar-refractivity contribution is 5.79. The van der Waals surface area contributed by atoms with Gasteiger partial charge in [-0.05, 0) is 35.4 Å². The average Bonchev–Trinajstić information content (AvgIpc) is 2.71. The van der Waals surface area contributed by atoms with E-state index in [9.17, 15) is 18.4 Å². The summed E-state index contributed by atoms with van der Waals surface area (Å²) in [4.78, 5) is 34.1. The van der Waals surface area contributed by atoms with Crippen LogP contribution in [0.2, 0.25) is 0 Å². The molecule has 0 fully saturated rings. The molecule has 1 aromatic heterocycles. The fourth-order valence-electron chi connectivity index (χ4n) is 3.46. The van der Waals surface area contributed by atoms with Gasteiger partial charge in [-0.15, -0.1) is 0 Å². The third-order valence-corrected chi connectivity index (χ3v) is 5.02. The van der Waals surface area contributed by atoms with Gasteiger partial charge in [-0.1, -0.05) is 24.3 Å². The van der Waals surface area contributed by atoms with Gasteiger partial charge in [0.2, 0.25) is 5.91 Å². The van der Waals surface area contributed by atoms with Crippen molar-refractivity contribution < 1.29 is 13.6 Å². The Kier molecular flexibility index (Phi) is 5.20. The SMILES string of the molecule is O=C(Cc1ccc(F)cc1)N1CCc2nc(Cc3ccc(F)cc3)[nH]c(=O)c2C1. The van der Waals surface area contributed by atoms with Crippen LogP contribution >= 0.6 is 0 Å². The zero-order valence-electron chi connectivity index (χ0n) is 15.6. The first-order valence-corrected chi connectivity index (χ1v) is 9.35. The van der Waals surface area contributed by atoms with E-state index in [-0.39, 0.29) is 36.1 Å². The van der Waals surface area contributed by atoms with Crippen molar-refractivity contribution in [2.75, 3.05) is 6.54 Å². The van der Waals surface area contributed by atoms with Gasteiger partial charge in [-0.2, -0.15) is 0 Å². The molecule has 7 heteroatoms. The van der Waals surface area contributed by atoms with Crippen LogP contribution in [0.3, 0.4) is 0 Å². The fraction of sp³-hybridized carbons (Fsp3) is 0.227. The van der Waals surface area contributed by atoms with Crippen LogP contribution in [0.25, 0.3) is 0 Å². The Morgan fingerprint density at radius 1 is 1.00 bits per heavy atom. The largest absolute Gasteiger partial charge is 0.337 e. The number of fused-ring (bicyclic) bond motifs is 1. The predicted molar refractivity (Wildman–Crippen MR) is 103 cm³/mol. The van der Waals surface area contributed by atoms with Crippen molar-refractivity contribution >= 4 is 5.91 Å². The fourth-order valence-corrected chi connectivity index (χ4v) is 3.46. The standard InChI is InChI=1S/C22H19F2N3O2/c23-16-5-1-14(2-6-16)11-20-25-19-9-10-27(13-18(19)22(29)26-20)21(28)12-15-3-7-17(24)8-4-15/h1-8H,9-13H2,(H,25,26,29). The number of hydrogen-bond acceptors (Lipinski definition) is 3. The van der Waals surface area contributed by atoms with Crippen LogP contribution in [0, 0.1) is 11.6 Å². The van der Waals surface area contributed by atoms with Crippen LogP contribution < -0.4 is 5.56 Å². The first kappa shape index (κ1) is 19.0. The molecule has 2 heterocycles. The summed E-state index contributed by atoms with van der Waals surface area (Å²) in [5, 5.41) is 0. The Hall–Kier alpha value is -3.35. The van der Waals surface area contributed by atoms with Gasteiger partial charge in [0.1, 0.15) is 17.5 Å². The molecule has 0 bridgehead atoms. The minimum atomic E-state index is -0.345. The normalized spacial score (nSPS) is 13.2. The molecular weight excluding hydrogens is 376 g/mol. The second-order valence-corrected chi connectivity index (χ2v) is 7.11. The molecule has 0 radical (unpaired) electrons. The van der Waals surface area contributed by atoms with Gasteiger partial charge in [0.15, 0.2) is 0 Å². The van der Waals surface area contributed by atoms with E-state index in [0.29, 0.717) is 36.5 Å². The summed E-state index contributed by atoms with van der Waals surface area (Å²) in [5.41, 5.74) is 2.50. The number of benzene rings is 2. The van der Waals surface area contributed by atoms with Crippen LogP contribution in [-0.4, -0.2) is 27.3 Å². The van der Waals surface area contributed by atoms with E-state index in [1.165, 1.54) is 24.3 Å². The Balaban J connectivity index is 1.48. The molecule has 0 saturated carbocycles. The predicted octanol–water partition coefficient (Wildman–Crippen LogP) is 2.77. The highest BCUT2D eigenvalue weighted by atomic mass is 19.1. The maximum absolute atomic E-state index is 13.0. The van der Waals surface area contributed by atoms with Gasteiger partial charge in [0.25, 0.3) is 5.56 Å². The molecule has 4 rings (SSSR count). The number of halogens is 2. The number of aromatic amines is 1. The van der Waals surface area contributed by atoms with E-state index >= 15 is 0 Å². The number of rotatable bonds is 4. The molecule has 1 aliphatic heterocycles. The molecule has 1 aliphatic rings. The van der Waals surface area contributed by atoms with E-state index in [2.05, 4.69) is 9.97 Å². The first-order valence-electron chi connectivity index (χ1n) is 9.35. The van der Waals surface area contributed by atoms with Crippen molar-refractivity contribution in [3.8, 4) is 0 Å². The Morgan fingerprint density at radius 2 is 1.62 bits per heavy atom. The second kappa shape index (κ2) is 7.95. The molecule has 1 amide bonds. The molecule has 2 aromatic carbocycles. The molecule has 0 saturated heterocycles. The van der Waals surface area contributed by atoms with E-state index in [0.717, 1.165) is 11.1 Å². The zero-order chi connectivity index (χ0) is 20.4. The lowest BCUT2D eigenvalue weighted by Gasteiger charge is -2.28. The number of H-pyrrole nitrogens is 1. The van der Waals surface area contributed by atoms with Crippen molar-refractivity contribution in [1.82, 2.24) is 14.9 Å². The molecule has 3 aromatic rings. The van der Waals surface area contributed by atoms with Crippen molar-refractivity contribution in [2.24, 2.45) is 0 Å². The number of nitrogens with one attached hydrogen (secondary N) is 1. The number of aromatic nitrogens is 2. The van der Waals surface area contributed by atoms with E-state index in [4.69, 9.17) is 0 Å². The second-order valence-electron chi connectivity index (χ2n) is 7.11. The minimum Gasteiger partial charge on any atom is -0.337 e. The summed E-state index contributed by atoms with van der Waals surface area (Å²) in [6, 6.07) is 11.9. The molecular formula is C22H19F2N3O2. The van der Waals surface area contributed by atoms with Gasteiger partial charge >= 0.3 is 0 Å². The van der Waals surface area contributed by atoms with Crippen LogP contribution in [-0.2, 0) is 30.6 Å². The molecule has 0 aliphatic carbocycles. The van der Waals surface area contributed by atoms with Gasteiger partial charge < -0.3 is 9.88 Å². The van der Waals surface area contributed by atoms with Crippen LogP contribution in [0.15, 0.2) is 53.3 Å². The lowest BCUT2D eigenvalue weighted by Crippen LogP contribution is -2.40. The van der Waals surface area contributed by atoms with Gasteiger partial charge in [-0.25, -0.2) is 13.8 Å². The molecule has 0 atom stereocenters. The number of hydrogen-bond donors (Lipinski definition) is 1. The maximum atomic E-state index is 13.0. The summed E-state index contributed by atoms with van der Waals surface area (Å²) < 4.78 is 26.1. The van der Waals surface area contributed by atoms with Crippen molar-refractivity contribution in [3.05, 3.63) is 98.7 Å². The number of carbonyl (C=O) groups is 1. The smallest absolute Gasteiger partial charge is 0.256 e. The molecule has 5 nitrogen and oxygen atoms in total. The summed E-state index contributed by atoms with van der Waals surface area (Å²) >= 11 is 0. The van der Waals surface area contributed by atoms with Crippen molar-refractivity contribution in [1.29, 1.82) is 0 Å². The summed E-state index contributed by atoms with van der Waals surface area (Å²) in [5.74, 6) is -0.253. The third-order valence-electron chi connectivity index (χ3n) is 5.02. The molecule has 0 unspecified atom stereocenters. The van der Waals surface area contributed by atoms with E-state index in [1.54, 1.807) is 29.2 Å². The van der Waals surface area contributed by atoms with Crippen molar-refractivity contribution in [2.45, 2.75) is 25.8 Å². The Labute approximate surface area is 166 Å². The molecule has 1 N–H and O–H groups in total. The van der Waals surface area contributed by atoms with Crippen LogP contribution in [0.4, 0.5) is 8.78 Å². The Morgan fingerprint density at radius 3 is 2.28 bits per heavy atom. The molecule has 0 spiro atoms. The lowest BCUT2D eigenvalue weighted by molar-refractivity contribution is -0.131. The summed E-state index contributed by atoms with van der Waals surface area (Å²) in [6.07, 6.45) is 1.05. The highest BCUT2D eigenvalue weighted by Gasteiger charge is 2.24. The number of amides is 1. The quantitative estimate of drug-likeness (QED) is 0.739. The van der Waals surface area contributed by atoms with Crippen molar-refractivity contribution in [3.63, 3.8) is 0 Å². The summed E-state index contributed by atoms with van der Waals surface area (Å²) in [7, 11) is 0. The Bertz CT molecular complexity index is 1090. The molecule has 148 valence electrons. The third kappa shape index (κ3) is 4.39. The van der Waals surface area contributed by atoms with Crippen LogP contribution in [0.1, 0.15) is 28.2 Å². The molecule has 29 heavy (non-hydrogen) atoms. The van der Waals surface area contributed by atoms with Gasteiger partial charge in [-0.3, -0.25) is 9.59 Å². The lowest BCUT2D eigenvalue weighted by atomic mass is 10.0.